The predicted octanol–water partition coefficient (Wildman–Crippen LogP) is 4.63. The maximum absolute atomic E-state index is 13.9. The number of carbonyl (C=O) groups is 2. The molecule has 1 aliphatic heterocycles. The summed E-state index contributed by atoms with van der Waals surface area (Å²) in [6, 6.07) is 17.4. The molecule has 6 heteroatoms. The number of likely N-dealkylation sites (tertiary alicyclic amines) is 1. The van der Waals surface area contributed by atoms with Crippen molar-refractivity contribution in [1.82, 2.24) is 15.2 Å². The predicted molar refractivity (Wildman–Crippen MR) is 126 cm³/mol. The maximum Gasteiger partial charge on any atom is 0.254 e. The Morgan fingerprint density at radius 1 is 1.09 bits per heavy atom. The Labute approximate surface area is 193 Å². The van der Waals surface area contributed by atoms with Crippen LogP contribution in [0.3, 0.4) is 0 Å². The third-order valence-electron chi connectivity index (χ3n) is 6.14. The van der Waals surface area contributed by atoms with Crippen LogP contribution in [0.4, 0.5) is 4.39 Å². The van der Waals surface area contributed by atoms with Crippen LogP contribution in [0.2, 0.25) is 0 Å². The molecule has 0 spiro atoms. The van der Waals surface area contributed by atoms with Crippen LogP contribution in [0.5, 0.6) is 0 Å². The van der Waals surface area contributed by atoms with E-state index in [2.05, 4.69) is 10.3 Å². The van der Waals surface area contributed by atoms with Crippen molar-refractivity contribution in [1.29, 1.82) is 0 Å². The molecule has 2 amide bonds. The summed E-state index contributed by atoms with van der Waals surface area (Å²) in [5.74, 6) is -0.975. The average molecular weight is 446 g/mol. The number of halogens is 1. The number of pyridine rings is 1. The van der Waals surface area contributed by atoms with E-state index in [1.54, 1.807) is 23.4 Å². The zero-order valence-electron chi connectivity index (χ0n) is 18.9. The van der Waals surface area contributed by atoms with Gasteiger partial charge in [0.25, 0.3) is 5.91 Å². The highest BCUT2D eigenvalue weighted by molar-refractivity contribution is 6.00. The number of aromatic nitrogens is 1. The molecule has 2 heterocycles. The fourth-order valence-corrected chi connectivity index (χ4v) is 4.65. The standard InChI is InChI=1S/C27H28FN3O2/c1-19(2)30-26(33)27(13-6-16-31(27)25(32)21-8-5-9-23(28)17-21)18-22-7-3-4-10-24(22)20-11-14-29-15-12-20/h3-5,7-12,14-15,17,19H,6,13,16,18H2,1-2H3,(H,30,33). The van der Waals surface area contributed by atoms with Crippen LogP contribution < -0.4 is 5.32 Å². The molecule has 1 N–H and O–H groups in total. The molecule has 170 valence electrons. The van der Waals surface area contributed by atoms with Crippen molar-refractivity contribution >= 4 is 11.8 Å². The minimum atomic E-state index is -1.06. The Kier molecular flexibility index (Phi) is 6.54. The Morgan fingerprint density at radius 3 is 2.58 bits per heavy atom. The lowest BCUT2D eigenvalue weighted by atomic mass is 9.83. The van der Waals surface area contributed by atoms with Crippen LogP contribution in [0.25, 0.3) is 11.1 Å². The fourth-order valence-electron chi connectivity index (χ4n) is 4.65. The van der Waals surface area contributed by atoms with Crippen LogP contribution in [0, 0.1) is 5.82 Å². The number of nitrogens with zero attached hydrogens (tertiary/aromatic N) is 2. The van der Waals surface area contributed by atoms with Gasteiger partial charge in [0, 0.05) is 37.0 Å². The summed E-state index contributed by atoms with van der Waals surface area (Å²) in [5, 5.41) is 3.04. The van der Waals surface area contributed by atoms with Crippen molar-refractivity contribution in [2.45, 2.75) is 44.7 Å². The van der Waals surface area contributed by atoms with Gasteiger partial charge in [-0.1, -0.05) is 30.3 Å². The van der Waals surface area contributed by atoms with Gasteiger partial charge in [0.1, 0.15) is 11.4 Å². The monoisotopic (exact) mass is 445 g/mol. The lowest BCUT2D eigenvalue weighted by Gasteiger charge is -2.38. The van der Waals surface area contributed by atoms with Crippen LogP contribution in [-0.4, -0.2) is 39.8 Å². The summed E-state index contributed by atoms with van der Waals surface area (Å²) in [6.07, 6.45) is 5.08. The van der Waals surface area contributed by atoms with E-state index in [4.69, 9.17) is 0 Å². The molecule has 1 saturated heterocycles. The minimum Gasteiger partial charge on any atom is -0.352 e. The Balaban J connectivity index is 1.78. The quantitative estimate of drug-likeness (QED) is 0.602. The first kappa shape index (κ1) is 22.6. The zero-order chi connectivity index (χ0) is 23.4. The van der Waals surface area contributed by atoms with Gasteiger partial charge in [-0.3, -0.25) is 14.6 Å². The summed E-state index contributed by atoms with van der Waals surface area (Å²) in [7, 11) is 0. The smallest absolute Gasteiger partial charge is 0.254 e. The van der Waals surface area contributed by atoms with E-state index in [0.29, 0.717) is 25.8 Å². The molecule has 1 unspecified atom stereocenters. The van der Waals surface area contributed by atoms with Gasteiger partial charge < -0.3 is 10.2 Å². The summed E-state index contributed by atoms with van der Waals surface area (Å²) in [5.41, 5.74) is 2.17. The van der Waals surface area contributed by atoms with Gasteiger partial charge in [0.15, 0.2) is 0 Å². The van der Waals surface area contributed by atoms with E-state index >= 15 is 0 Å². The third kappa shape index (κ3) is 4.65. The van der Waals surface area contributed by atoms with Crippen molar-refractivity contribution < 1.29 is 14.0 Å². The van der Waals surface area contributed by atoms with Crippen molar-refractivity contribution in [2.75, 3.05) is 6.54 Å². The second kappa shape index (κ2) is 9.53. The molecule has 0 aliphatic carbocycles. The number of benzene rings is 2. The van der Waals surface area contributed by atoms with E-state index in [1.807, 2.05) is 50.2 Å². The van der Waals surface area contributed by atoms with Crippen molar-refractivity contribution in [3.05, 3.63) is 90.0 Å². The fraction of sp³-hybridized carbons (Fsp3) is 0.296. The van der Waals surface area contributed by atoms with E-state index in [-0.39, 0.29) is 23.4 Å². The molecule has 1 fully saturated rings. The highest BCUT2D eigenvalue weighted by Crippen LogP contribution is 2.37. The van der Waals surface area contributed by atoms with Gasteiger partial charge in [0.05, 0.1) is 0 Å². The molecular weight excluding hydrogens is 417 g/mol. The summed E-state index contributed by atoms with van der Waals surface area (Å²) in [6.45, 7) is 4.26. The number of amides is 2. The molecule has 1 aliphatic rings. The molecule has 0 bridgehead atoms. The van der Waals surface area contributed by atoms with Gasteiger partial charge in [-0.2, -0.15) is 0 Å². The number of hydrogen-bond acceptors (Lipinski definition) is 3. The normalized spacial score (nSPS) is 17.9. The summed E-state index contributed by atoms with van der Waals surface area (Å²) >= 11 is 0. The molecule has 3 aromatic rings. The first-order chi connectivity index (χ1) is 15.9. The zero-order valence-corrected chi connectivity index (χ0v) is 18.9. The van der Waals surface area contributed by atoms with E-state index in [0.717, 1.165) is 16.7 Å². The van der Waals surface area contributed by atoms with Gasteiger partial charge in [-0.05, 0) is 73.7 Å². The molecule has 33 heavy (non-hydrogen) atoms. The Hall–Kier alpha value is -3.54. The van der Waals surface area contributed by atoms with Crippen LogP contribution in [0.15, 0.2) is 73.1 Å². The Bertz CT molecular complexity index is 1150. The van der Waals surface area contributed by atoms with Gasteiger partial charge in [-0.25, -0.2) is 4.39 Å². The molecule has 2 aromatic carbocycles. The summed E-state index contributed by atoms with van der Waals surface area (Å²) in [4.78, 5) is 32.9. The lowest BCUT2D eigenvalue weighted by Crippen LogP contribution is -2.59. The third-order valence-corrected chi connectivity index (χ3v) is 6.14. The second-order valence-corrected chi connectivity index (χ2v) is 8.80. The number of rotatable bonds is 6. The molecule has 1 atom stereocenters. The van der Waals surface area contributed by atoms with Crippen molar-refractivity contribution in [3.8, 4) is 11.1 Å². The topological polar surface area (TPSA) is 62.3 Å². The average Bonchev–Trinajstić information content (AvgIpc) is 3.24. The van der Waals surface area contributed by atoms with Crippen LogP contribution in [0.1, 0.15) is 42.6 Å². The number of hydrogen-bond donors (Lipinski definition) is 1. The van der Waals surface area contributed by atoms with Crippen LogP contribution in [-0.2, 0) is 11.2 Å². The van der Waals surface area contributed by atoms with Crippen LogP contribution >= 0.6 is 0 Å². The second-order valence-electron chi connectivity index (χ2n) is 8.80. The van der Waals surface area contributed by atoms with E-state index < -0.39 is 11.4 Å². The number of carbonyl (C=O) groups excluding carboxylic acids is 2. The summed E-state index contributed by atoms with van der Waals surface area (Å²) < 4.78 is 13.9. The van der Waals surface area contributed by atoms with Crippen molar-refractivity contribution in [2.24, 2.45) is 0 Å². The van der Waals surface area contributed by atoms with Gasteiger partial charge in [0.2, 0.25) is 5.91 Å². The van der Waals surface area contributed by atoms with E-state index in [1.165, 1.54) is 18.2 Å². The molecule has 0 saturated carbocycles. The molecule has 5 nitrogen and oxygen atoms in total. The van der Waals surface area contributed by atoms with E-state index in [9.17, 15) is 14.0 Å². The molecule has 0 radical (unpaired) electrons. The largest absolute Gasteiger partial charge is 0.352 e. The first-order valence-electron chi connectivity index (χ1n) is 11.3. The van der Waals surface area contributed by atoms with Gasteiger partial charge >= 0.3 is 0 Å². The molecule has 4 rings (SSSR count). The SMILES string of the molecule is CC(C)NC(=O)C1(Cc2ccccc2-c2ccncc2)CCCN1C(=O)c1cccc(F)c1. The van der Waals surface area contributed by atoms with Gasteiger partial charge in [-0.15, -0.1) is 0 Å². The maximum atomic E-state index is 13.9. The number of nitrogens with one attached hydrogen (secondary N) is 1. The molecule has 1 aromatic heterocycles. The lowest BCUT2D eigenvalue weighted by molar-refractivity contribution is -0.131. The highest BCUT2D eigenvalue weighted by Gasteiger charge is 2.50. The Morgan fingerprint density at radius 2 is 1.85 bits per heavy atom. The first-order valence-corrected chi connectivity index (χ1v) is 11.3. The highest BCUT2D eigenvalue weighted by atomic mass is 19.1. The minimum absolute atomic E-state index is 0.0726. The molecular formula is C27H28FN3O2. The van der Waals surface area contributed by atoms with Crippen molar-refractivity contribution in [3.63, 3.8) is 0 Å².